The molecule has 0 unspecified atom stereocenters. The van der Waals surface area contributed by atoms with E-state index in [4.69, 9.17) is 19.3 Å². The van der Waals surface area contributed by atoms with Crippen molar-refractivity contribution in [1.82, 2.24) is 0 Å². The van der Waals surface area contributed by atoms with Crippen LogP contribution >= 0.6 is 7.82 Å². The number of ether oxygens (including phenoxy) is 2. The molecule has 0 aromatic rings. The number of carbonyl (C=O) groups is 3. The van der Waals surface area contributed by atoms with Crippen LogP contribution < -0.4 is 0 Å². The first-order chi connectivity index (χ1) is 24.5. The summed E-state index contributed by atoms with van der Waals surface area (Å²) in [5.41, 5.74) is 0. The van der Waals surface area contributed by atoms with Gasteiger partial charge in [0.05, 0.1) is 18.8 Å². The lowest BCUT2D eigenvalue weighted by atomic mass is 9.88. The highest BCUT2D eigenvalue weighted by atomic mass is 31.2. The van der Waals surface area contributed by atoms with Crippen molar-refractivity contribution in [2.75, 3.05) is 13.2 Å². The van der Waals surface area contributed by atoms with Crippen molar-refractivity contribution < 1.29 is 52.9 Å². The van der Waals surface area contributed by atoms with Gasteiger partial charge >= 0.3 is 19.8 Å². The molecule has 0 aromatic heterocycles. The predicted molar refractivity (Wildman–Crippen MR) is 199 cm³/mol. The molecular formula is C39H71O11P. The summed E-state index contributed by atoms with van der Waals surface area (Å²) >= 11 is 0. The third-order valence-electron chi connectivity index (χ3n) is 9.69. The van der Waals surface area contributed by atoms with E-state index in [1.807, 2.05) is 0 Å². The summed E-state index contributed by atoms with van der Waals surface area (Å²) in [6.07, 6.45) is 24.1. The van der Waals surface area contributed by atoms with Crippen molar-refractivity contribution in [3.8, 4) is 0 Å². The van der Waals surface area contributed by atoms with Gasteiger partial charge in [-0.25, -0.2) is 4.57 Å². The van der Waals surface area contributed by atoms with Gasteiger partial charge in [-0.05, 0) is 31.6 Å². The fraction of sp³-hybridized carbons (Fsp3) is 0.872. The minimum absolute atomic E-state index is 0.00481. The number of phosphoric ester groups is 1. The van der Waals surface area contributed by atoms with E-state index in [0.717, 1.165) is 51.4 Å². The zero-order valence-electron chi connectivity index (χ0n) is 31.7. The van der Waals surface area contributed by atoms with Crippen LogP contribution in [0.3, 0.4) is 0 Å². The number of phosphoric acid groups is 1. The highest BCUT2D eigenvalue weighted by Crippen LogP contribution is 2.36. The minimum atomic E-state index is -4.81. The van der Waals surface area contributed by atoms with Crippen LogP contribution in [0.4, 0.5) is 0 Å². The Kier molecular flexibility index (Phi) is 27.7. The number of rotatable bonds is 33. The van der Waals surface area contributed by atoms with Crippen LogP contribution in [0.15, 0.2) is 12.2 Å². The number of esters is 2. The van der Waals surface area contributed by atoms with Gasteiger partial charge in [0.1, 0.15) is 12.4 Å². The Hall–Kier alpha value is -1.62. The molecule has 11 nitrogen and oxygen atoms in total. The van der Waals surface area contributed by atoms with Gasteiger partial charge < -0.3 is 29.5 Å². The number of unbranched alkanes of at least 4 members (excludes halogenated alkanes) is 17. The maximum Gasteiger partial charge on any atom is 0.469 e. The van der Waals surface area contributed by atoms with Gasteiger partial charge in [-0.3, -0.25) is 18.9 Å². The summed E-state index contributed by atoms with van der Waals surface area (Å²) in [6, 6.07) is 0. The van der Waals surface area contributed by atoms with Crippen molar-refractivity contribution in [1.29, 1.82) is 0 Å². The Morgan fingerprint density at radius 3 is 1.84 bits per heavy atom. The highest BCUT2D eigenvalue weighted by molar-refractivity contribution is 7.46. The molecule has 12 heteroatoms. The van der Waals surface area contributed by atoms with E-state index in [1.54, 1.807) is 12.2 Å². The Morgan fingerprint density at radius 2 is 1.27 bits per heavy atom. The molecule has 1 saturated carbocycles. The smallest absolute Gasteiger partial charge is 0.462 e. The topological polar surface area (TPSA) is 177 Å². The second kappa shape index (κ2) is 29.8. The average Bonchev–Trinajstić information content (AvgIpc) is 3.35. The normalized spacial score (nSPS) is 19.1. The van der Waals surface area contributed by atoms with Gasteiger partial charge in [0.25, 0.3) is 0 Å². The highest BCUT2D eigenvalue weighted by Gasteiger charge is 2.39. The van der Waals surface area contributed by atoms with Crippen LogP contribution in [0, 0.1) is 11.8 Å². The second-order valence-corrected chi connectivity index (χ2v) is 15.6. The quantitative estimate of drug-likeness (QED) is 0.0219. The lowest BCUT2D eigenvalue weighted by Crippen LogP contribution is -2.29. The molecular weight excluding hydrogens is 675 g/mol. The molecule has 0 heterocycles. The molecule has 1 rings (SSSR count). The molecule has 1 fully saturated rings. The Bertz CT molecular complexity index is 998. The number of hydrogen-bond donors (Lipinski definition) is 4. The fourth-order valence-corrected chi connectivity index (χ4v) is 6.99. The maximum absolute atomic E-state index is 12.5. The molecule has 0 saturated heterocycles. The standard InChI is InChI=1S/C39H71O11P/c1-3-5-7-8-9-10-11-12-13-14-15-16-21-25-38(43)48-30-33(31-49-51(45,46)47)50-39(44)26-22-18-17-20-24-34-35(37(42)29-36(34)41)28-27-32(40)23-19-6-4-2/h27-28,32-36,40-41H,3-26,29-31H2,1-2H3,(H2,45,46,47)/b28-27+/t32-,33+,34+,35+,36-/m0/s1. The van der Waals surface area contributed by atoms with E-state index in [9.17, 15) is 29.2 Å². The molecule has 1 aliphatic carbocycles. The molecule has 0 spiro atoms. The van der Waals surface area contributed by atoms with Gasteiger partial charge in [-0.2, -0.15) is 0 Å². The van der Waals surface area contributed by atoms with Crippen LogP contribution in [-0.2, 0) is 32.9 Å². The predicted octanol–water partition coefficient (Wildman–Crippen LogP) is 8.44. The van der Waals surface area contributed by atoms with Crippen LogP contribution in [0.2, 0.25) is 0 Å². The number of hydrogen-bond acceptors (Lipinski definition) is 9. The Morgan fingerprint density at radius 1 is 0.765 bits per heavy atom. The number of ketones is 1. The number of carbonyl (C=O) groups excluding carboxylic acids is 3. The van der Waals surface area contributed by atoms with Crippen LogP contribution in [0.25, 0.3) is 0 Å². The van der Waals surface area contributed by atoms with Crippen molar-refractivity contribution in [3.05, 3.63) is 12.2 Å². The van der Waals surface area contributed by atoms with Gasteiger partial charge in [-0.15, -0.1) is 0 Å². The molecule has 4 N–H and O–H groups in total. The van der Waals surface area contributed by atoms with Gasteiger partial charge in [0.15, 0.2) is 6.10 Å². The van der Waals surface area contributed by atoms with E-state index >= 15 is 0 Å². The molecule has 298 valence electrons. The summed E-state index contributed by atoms with van der Waals surface area (Å²) in [6.45, 7) is 3.38. The Balaban J connectivity index is 2.29. The van der Waals surface area contributed by atoms with Crippen LogP contribution in [0.5, 0.6) is 0 Å². The monoisotopic (exact) mass is 746 g/mol. The van der Waals surface area contributed by atoms with Gasteiger partial charge in [0.2, 0.25) is 0 Å². The Labute approximate surface area is 307 Å². The molecule has 0 aromatic carbocycles. The van der Waals surface area contributed by atoms with Crippen molar-refractivity contribution in [3.63, 3.8) is 0 Å². The summed E-state index contributed by atoms with van der Waals surface area (Å²) in [4.78, 5) is 55.4. The summed E-state index contributed by atoms with van der Waals surface area (Å²) in [5, 5.41) is 20.7. The number of Topliss-reactive ketones (excluding diaryl/α,β-unsaturated/α-hetero) is 1. The van der Waals surface area contributed by atoms with E-state index in [-0.39, 0.29) is 37.6 Å². The van der Waals surface area contributed by atoms with E-state index < -0.39 is 50.6 Å². The lowest BCUT2D eigenvalue weighted by Gasteiger charge is -2.19. The van der Waals surface area contributed by atoms with Crippen molar-refractivity contribution >= 4 is 25.5 Å². The largest absolute Gasteiger partial charge is 0.469 e. The van der Waals surface area contributed by atoms with E-state index in [0.29, 0.717) is 32.1 Å². The molecule has 0 aliphatic heterocycles. The fourth-order valence-electron chi connectivity index (χ4n) is 6.63. The van der Waals surface area contributed by atoms with Crippen molar-refractivity contribution in [2.45, 2.75) is 193 Å². The number of aliphatic hydroxyl groups is 2. The first-order valence-corrected chi connectivity index (χ1v) is 21.6. The van der Waals surface area contributed by atoms with E-state index in [1.165, 1.54) is 57.8 Å². The van der Waals surface area contributed by atoms with Gasteiger partial charge in [-0.1, -0.05) is 142 Å². The second-order valence-electron chi connectivity index (χ2n) is 14.4. The summed E-state index contributed by atoms with van der Waals surface area (Å²) in [5.74, 6) is -1.63. The van der Waals surface area contributed by atoms with Crippen LogP contribution in [-0.4, -0.2) is 69.2 Å². The molecule has 0 amide bonds. The molecule has 0 bridgehead atoms. The zero-order valence-corrected chi connectivity index (χ0v) is 32.6. The first-order valence-electron chi connectivity index (χ1n) is 20.1. The molecule has 51 heavy (non-hydrogen) atoms. The molecule has 5 atom stereocenters. The average molecular weight is 747 g/mol. The van der Waals surface area contributed by atoms with E-state index in [2.05, 4.69) is 18.4 Å². The third kappa shape index (κ3) is 25.9. The zero-order chi connectivity index (χ0) is 37.7. The van der Waals surface area contributed by atoms with Crippen molar-refractivity contribution in [2.24, 2.45) is 11.8 Å². The SMILES string of the molecule is CCCCCCCCCCCCCCCC(=O)OC[C@H](COP(=O)(O)O)OC(=O)CCCCCC[C@H]1[C@@H](O)CC(=O)[C@@H]1/C=C/[C@@H](O)CCCCC. The lowest BCUT2D eigenvalue weighted by molar-refractivity contribution is -0.161. The minimum Gasteiger partial charge on any atom is -0.462 e. The molecule has 0 radical (unpaired) electrons. The maximum atomic E-state index is 12.5. The summed E-state index contributed by atoms with van der Waals surface area (Å²) < 4.78 is 26.3. The van der Waals surface area contributed by atoms with Crippen LogP contribution in [0.1, 0.15) is 174 Å². The third-order valence-corrected chi connectivity index (χ3v) is 10.2. The first kappa shape index (κ1) is 47.4. The number of allylic oxidation sites excluding steroid dienone is 1. The molecule has 1 aliphatic rings. The summed E-state index contributed by atoms with van der Waals surface area (Å²) in [7, 11) is -4.81. The number of aliphatic hydroxyl groups excluding tert-OH is 2. The van der Waals surface area contributed by atoms with Gasteiger partial charge in [0, 0.05) is 25.2 Å².